The lowest BCUT2D eigenvalue weighted by Crippen LogP contribution is -2.23. The van der Waals surface area contributed by atoms with Gasteiger partial charge in [0, 0.05) is 0 Å². The highest BCUT2D eigenvalue weighted by molar-refractivity contribution is 7.39. The van der Waals surface area contributed by atoms with Crippen LogP contribution in [0.25, 0.3) is 0 Å². The molecule has 0 aliphatic carbocycles. The molecular weight excluding hydrogens is 251 g/mol. The summed E-state index contributed by atoms with van der Waals surface area (Å²) in [5, 5.41) is 9.31. The van der Waals surface area contributed by atoms with Crippen molar-refractivity contribution in [3.8, 4) is 0 Å². The van der Waals surface area contributed by atoms with Gasteiger partial charge in [-0.1, -0.05) is 43.7 Å². The molecular formula is C13H18O4P+. The van der Waals surface area contributed by atoms with E-state index >= 15 is 0 Å². The van der Waals surface area contributed by atoms with Crippen molar-refractivity contribution >= 4 is 14.0 Å². The first-order valence-electron chi connectivity index (χ1n) is 6.01. The van der Waals surface area contributed by atoms with Crippen LogP contribution in [0.5, 0.6) is 0 Å². The number of hydrogen-bond acceptors (Lipinski definition) is 2. The minimum Gasteiger partial charge on any atom is -0.481 e. The van der Waals surface area contributed by atoms with Gasteiger partial charge in [0.1, 0.15) is 5.92 Å². The largest absolute Gasteiger partial charge is 0.509 e. The van der Waals surface area contributed by atoms with Gasteiger partial charge in [-0.3, -0.25) is 4.79 Å². The van der Waals surface area contributed by atoms with Crippen LogP contribution in [0.3, 0.4) is 0 Å². The molecule has 1 aromatic rings. The van der Waals surface area contributed by atoms with Crippen molar-refractivity contribution < 1.29 is 19.4 Å². The van der Waals surface area contributed by atoms with Gasteiger partial charge in [0.15, 0.2) is 0 Å². The molecule has 1 rings (SSSR count). The third-order valence-corrected chi connectivity index (χ3v) is 4.07. The topological polar surface area (TPSA) is 74.6 Å². The van der Waals surface area contributed by atoms with Crippen LogP contribution in [0.1, 0.15) is 37.7 Å². The Bertz CT molecular complexity index is 405. The number of carboxylic acid groups (broad SMARTS) is 1. The lowest BCUT2D eigenvalue weighted by atomic mass is 9.93. The maximum Gasteiger partial charge on any atom is 0.509 e. The smallest absolute Gasteiger partial charge is 0.481 e. The van der Waals surface area contributed by atoms with Crippen LogP contribution in [0.4, 0.5) is 0 Å². The summed E-state index contributed by atoms with van der Waals surface area (Å²) < 4.78 is 11.4. The van der Waals surface area contributed by atoms with Gasteiger partial charge in [0.2, 0.25) is 5.66 Å². The van der Waals surface area contributed by atoms with Crippen molar-refractivity contribution in [3.63, 3.8) is 0 Å². The molecule has 3 unspecified atom stereocenters. The third-order valence-electron chi connectivity index (χ3n) is 2.95. The van der Waals surface area contributed by atoms with Crippen molar-refractivity contribution in [3.05, 3.63) is 35.9 Å². The summed E-state index contributed by atoms with van der Waals surface area (Å²) in [7, 11) is -2.50. The van der Waals surface area contributed by atoms with Gasteiger partial charge in [-0.05, 0) is 23.0 Å². The quantitative estimate of drug-likeness (QED) is 0.746. The highest BCUT2D eigenvalue weighted by atomic mass is 31.1. The molecule has 2 N–H and O–H groups in total. The monoisotopic (exact) mass is 269 g/mol. The van der Waals surface area contributed by atoms with Crippen LogP contribution in [-0.2, 0) is 9.36 Å². The number of unbranched alkanes of at least 4 members (excludes halogenated alkanes) is 1. The Kier molecular flexibility index (Phi) is 5.96. The zero-order valence-corrected chi connectivity index (χ0v) is 11.2. The van der Waals surface area contributed by atoms with Crippen molar-refractivity contribution in [2.45, 2.75) is 37.8 Å². The van der Waals surface area contributed by atoms with Crippen LogP contribution in [0.15, 0.2) is 30.3 Å². The van der Waals surface area contributed by atoms with Crippen LogP contribution < -0.4 is 0 Å². The van der Waals surface area contributed by atoms with E-state index in [2.05, 4.69) is 0 Å². The number of aliphatic carboxylic acids is 1. The van der Waals surface area contributed by atoms with E-state index in [-0.39, 0.29) is 0 Å². The first-order valence-corrected chi connectivity index (χ1v) is 7.29. The SMILES string of the molecule is CCCCC(C(C(=O)O)c1ccccc1)[P+](=O)O. The highest BCUT2D eigenvalue weighted by Gasteiger charge is 2.42. The van der Waals surface area contributed by atoms with Gasteiger partial charge in [-0.25, -0.2) is 0 Å². The lowest BCUT2D eigenvalue weighted by Gasteiger charge is -2.14. The normalized spacial score (nSPS) is 14.9. The average Bonchev–Trinajstić information content (AvgIpc) is 2.34. The molecule has 0 aromatic heterocycles. The summed E-state index contributed by atoms with van der Waals surface area (Å²) in [6.07, 6.45) is 2.08. The molecule has 0 saturated carbocycles. The molecule has 0 amide bonds. The van der Waals surface area contributed by atoms with Crippen molar-refractivity contribution in [1.82, 2.24) is 0 Å². The fraction of sp³-hybridized carbons (Fsp3) is 0.462. The Hall–Kier alpha value is -1.25. The molecule has 0 aliphatic rings. The van der Waals surface area contributed by atoms with Gasteiger partial charge in [0.25, 0.3) is 0 Å². The molecule has 3 atom stereocenters. The van der Waals surface area contributed by atoms with Crippen LogP contribution in [0.2, 0.25) is 0 Å². The highest BCUT2D eigenvalue weighted by Crippen LogP contribution is 2.38. The average molecular weight is 269 g/mol. The van der Waals surface area contributed by atoms with E-state index in [0.29, 0.717) is 12.0 Å². The Balaban J connectivity index is 3.01. The van der Waals surface area contributed by atoms with E-state index in [9.17, 15) is 19.4 Å². The molecule has 5 heteroatoms. The van der Waals surface area contributed by atoms with Crippen molar-refractivity contribution in [1.29, 1.82) is 0 Å². The fourth-order valence-corrected chi connectivity index (χ4v) is 2.97. The molecule has 0 heterocycles. The first-order chi connectivity index (χ1) is 8.57. The predicted molar refractivity (Wildman–Crippen MR) is 70.0 cm³/mol. The minimum atomic E-state index is -2.50. The van der Waals surface area contributed by atoms with Gasteiger partial charge < -0.3 is 5.11 Å². The minimum absolute atomic E-state index is 0.452. The number of benzene rings is 1. The zero-order chi connectivity index (χ0) is 13.5. The number of carbonyl (C=O) groups is 1. The molecule has 0 bridgehead atoms. The van der Waals surface area contributed by atoms with E-state index in [4.69, 9.17) is 0 Å². The number of rotatable bonds is 7. The Morgan fingerprint density at radius 2 is 1.94 bits per heavy atom. The molecule has 1 aromatic carbocycles. The van der Waals surface area contributed by atoms with Gasteiger partial charge in [-0.2, -0.15) is 4.89 Å². The third kappa shape index (κ3) is 3.90. The molecule has 98 valence electrons. The molecule has 18 heavy (non-hydrogen) atoms. The second-order valence-corrected chi connectivity index (χ2v) is 5.51. The lowest BCUT2D eigenvalue weighted by molar-refractivity contribution is -0.138. The summed E-state index contributed by atoms with van der Waals surface area (Å²) in [5.74, 6) is -1.95. The predicted octanol–water partition coefficient (Wildman–Crippen LogP) is 3.15. The van der Waals surface area contributed by atoms with Crippen LogP contribution in [0, 0.1) is 0 Å². The van der Waals surface area contributed by atoms with Gasteiger partial charge in [0.05, 0.1) is 0 Å². The van der Waals surface area contributed by atoms with Gasteiger partial charge in [-0.15, -0.1) is 0 Å². The van der Waals surface area contributed by atoms with Crippen molar-refractivity contribution in [2.75, 3.05) is 0 Å². The summed E-state index contributed by atoms with van der Waals surface area (Å²) in [6, 6.07) is 8.66. The summed E-state index contributed by atoms with van der Waals surface area (Å²) >= 11 is 0. The Labute approximate surface area is 108 Å². The standard InChI is InChI=1S/C13H17O4P/c1-2-3-9-11(18(16)17)12(13(14)15)10-7-5-4-6-8-10/h4-8,11-12H,2-3,9H2,1H3,(H-,14,15,16,17)/p+1. The molecule has 0 saturated heterocycles. The number of carboxylic acids is 1. The molecule has 4 nitrogen and oxygen atoms in total. The fourth-order valence-electron chi connectivity index (χ4n) is 2.01. The second kappa shape index (κ2) is 7.24. The molecule has 0 radical (unpaired) electrons. The van der Waals surface area contributed by atoms with E-state index < -0.39 is 25.6 Å². The summed E-state index contributed by atoms with van der Waals surface area (Å²) in [6.45, 7) is 1.97. The van der Waals surface area contributed by atoms with E-state index in [1.807, 2.05) is 6.92 Å². The molecule has 0 fully saturated rings. The van der Waals surface area contributed by atoms with E-state index in [1.54, 1.807) is 30.3 Å². The van der Waals surface area contributed by atoms with Crippen LogP contribution in [-0.4, -0.2) is 21.6 Å². The summed E-state index contributed by atoms with van der Waals surface area (Å²) in [4.78, 5) is 20.7. The van der Waals surface area contributed by atoms with E-state index in [0.717, 1.165) is 12.8 Å². The van der Waals surface area contributed by atoms with Crippen molar-refractivity contribution in [2.24, 2.45) is 0 Å². The van der Waals surface area contributed by atoms with Crippen LogP contribution >= 0.6 is 8.03 Å². The summed E-state index contributed by atoms with van der Waals surface area (Å²) in [5.41, 5.74) is -0.136. The van der Waals surface area contributed by atoms with Gasteiger partial charge >= 0.3 is 14.0 Å². The Morgan fingerprint density at radius 1 is 1.33 bits per heavy atom. The second-order valence-electron chi connectivity index (χ2n) is 4.24. The first kappa shape index (κ1) is 14.8. The maximum atomic E-state index is 11.4. The Morgan fingerprint density at radius 3 is 2.39 bits per heavy atom. The maximum absolute atomic E-state index is 11.4. The number of hydrogen-bond donors (Lipinski definition) is 2. The van der Waals surface area contributed by atoms with E-state index in [1.165, 1.54) is 0 Å². The molecule has 0 spiro atoms. The molecule has 0 aliphatic heterocycles. The zero-order valence-electron chi connectivity index (χ0n) is 10.3.